The number of phosphoric ester groups is 3. The molecule has 0 bridgehead atoms. The summed E-state index contributed by atoms with van der Waals surface area (Å²) >= 11 is 0.894. The van der Waals surface area contributed by atoms with Crippen LogP contribution in [-0.4, -0.2) is 114 Å². The van der Waals surface area contributed by atoms with Gasteiger partial charge in [0.15, 0.2) is 22.8 Å². The van der Waals surface area contributed by atoms with E-state index in [4.69, 9.17) is 10.5 Å². The third kappa shape index (κ3) is 16.3. The second-order valence-corrected chi connectivity index (χ2v) is 17.9. The Kier molecular flexibility index (Phi) is 20.0. The van der Waals surface area contributed by atoms with Crippen LogP contribution in [0.2, 0.25) is 0 Å². The monoisotopic (exact) mass is 899 g/mol. The molecule has 8 atom stereocenters. The number of nitrogens with two attached hydrogens (primary N) is 1. The quantitative estimate of drug-likeness (QED) is 0.0262. The summed E-state index contributed by atoms with van der Waals surface area (Å²) in [5.41, 5.74) is 4.07. The van der Waals surface area contributed by atoms with Crippen molar-refractivity contribution in [2.45, 2.75) is 77.1 Å². The van der Waals surface area contributed by atoms with Crippen molar-refractivity contribution in [2.24, 2.45) is 5.41 Å². The largest absolute Gasteiger partial charge is 1.00 e. The van der Waals surface area contributed by atoms with E-state index in [0.717, 1.165) is 29.0 Å². The molecule has 8 unspecified atom stereocenters. The van der Waals surface area contributed by atoms with Gasteiger partial charge in [0.05, 0.1) is 26.0 Å². The van der Waals surface area contributed by atoms with Gasteiger partial charge in [-0.3, -0.25) is 37.4 Å². The molecule has 25 nitrogen and oxygen atoms in total. The third-order valence-corrected chi connectivity index (χ3v) is 11.5. The van der Waals surface area contributed by atoms with Crippen molar-refractivity contribution in [1.82, 2.24) is 30.2 Å². The van der Waals surface area contributed by atoms with Crippen LogP contribution in [-0.2, 0) is 55.5 Å². The number of anilines is 1. The summed E-state index contributed by atoms with van der Waals surface area (Å²) in [7, 11) is -17.3. The Balaban J connectivity index is 0.0000112. The van der Waals surface area contributed by atoms with Gasteiger partial charge in [0.25, 0.3) is 23.5 Å². The van der Waals surface area contributed by atoms with Gasteiger partial charge in [-0.15, -0.1) is 0 Å². The van der Waals surface area contributed by atoms with Crippen molar-refractivity contribution < 1.29 is 115 Å². The molecule has 0 saturated carbocycles. The topological polar surface area (TPSA) is 389 Å². The molecule has 1 fully saturated rings. The minimum absolute atomic E-state index is 0. The van der Waals surface area contributed by atoms with Crippen LogP contribution < -0.4 is 60.6 Å². The first-order chi connectivity index (χ1) is 25.9. The summed E-state index contributed by atoms with van der Waals surface area (Å²) in [5.74, 6) is -1.57. The van der Waals surface area contributed by atoms with E-state index in [1.54, 1.807) is 0 Å². The summed E-state index contributed by atoms with van der Waals surface area (Å²) in [4.78, 5) is 105. The van der Waals surface area contributed by atoms with Crippen LogP contribution in [0.5, 0.6) is 0 Å². The molecule has 0 aromatic carbocycles. The van der Waals surface area contributed by atoms with Gasteiger partial charge in [0.2, 0.25) is 11.8 Å². The Hall–Kier alpha value is -1.77. The molecule has 7 N–H and O–H groups in total. The number of aliphatic hydroxyl groups is 2. The summed E-state index contributed by atoms with van der Waals surface area (Å²) in [5, 5.41) is 25.8. The fraction of sp³-hybridized carbons (Fsp3) is 0.667. The number of aliphatic hydroxyl groups excluding tert-OH is 2. The van der Waals surface area contributed by atoms with Gasteiger partial charge in [-0.25, -0.2) is 19.3 Å². The Labute approximate surface area is 351 Å². The molecule has 30 heteroatoms. The minimum atomic E-state index is -5.91. The maximum atomic E-state index is 12.5. The Morgan fingerprint density at radius 2 is 1.74 bits per heavy atom. The first-order valence-electron chi connectivity index (χ1n) is 16.5. The van der Waals surface area contributed by atoms with Crippen molar-refractivity contribution in [3.8, 4) is 0 Å². The van der Waals surface area contributed by atoms with Crippen LogP contribution in [0, 0.1) is 5.41 Å². The predicted octanol–water partition coefficient (Wildman–Crippen LogP) is -5.47. The first-order valence-corrected chi connectivity index (χ1v) is 21.9. The predicted molar refractivity (Wildman–Crippen MR) is 185 cm³/mol. The Bertz CT molecular complexity index is 1870. The summed E-state index contributed by atoms with van der Waals surface area (Å²) < 4.78 is 60.7. The minimum Gasteiger partial charge on any atom is -0.756 e. The number of hydrogen-bond acceptors (Lipinski definition) is 22. The molecule has 0 radical (unpaired) electrons. The molecule has 2 amide bonds. The molecule has 316 valence electrons. The number of carbonyl (C=O) groups is 4. The Morgan fingerprint density at radius 3 is 2.39 bits per heavy atom. The zero-order valence-corrected chi connectivity index (χ0v) is 36.5. The summed E-state index contributed by atoms with van der Waals surface area (Å²) in [6.45, 7) is 1.78. The van der Waals surface area contributed by atoms with Crippen molar-refractivity contribution in [2.75, 3.05) is 37.8 Å². The molecule has 2 aromatic rings. The van der Waals surface area contributed by atoms with E-state index in [1.807, 2.05) is 6.92 Å². The van der Waals surface area contributed by atoms with Gasteiger partial charge in [-0.05, 0) is 6.42 Å². The number of nitrogens with one attached hydrogen (secondary N) is 2. The van der Waals surface area contributed by atoms with Crippen molar-refractivity contribution in [3.05, 3.63) is 12.7 Å². The zero-order chi connectivity index (χ0) is 42.1. The van der Waals surface area contributed by atoms with Crippen LogP contribution in [0.1, 0.15) is 52.7 Å². The number of aromatic nitrogens is 4. The number of thioether (sulfide) groups is 1. The number of nitrogen functional groups attached to an aromatic ring is 1. The van der Waals surface area contributed by atoms with E-state index in [-0.39, 0.29) is 89.1 Å². The average Bonchev–Trinajstić information content (AvgIpc) is 3.64. The van der Waals surface area contributed by atoms with Crippen molar-refractivity contribution >= 4 is 74.9 Å². The molecule has 0 spiro atoms. The van der Waals surface area contributed by atoms with E-state index in [0.29, 0.717) is 12.8 Å². The average molecular weight is 900 g/mol. The molecule has 3 heterocycles. The number of ketones is 1. The van der Waals surface area contributed by atoms with Crippen molar-refractivity contribution in [3.63, 3.8) is 0 Å². The van der Waals surface area contributed by atoms with Gasteiger partial charge >= 0.3 is 29.6 Å². The molecule has 1 aliphatic heterocycles. The van der Waals surface area contributed by atoms with E-state index < -0.39 is 84.6 Å². The number of imidazole rings is 1. The number of amides is 2. The Morgan fingerprint density at radius 1 is 1.07 bits per heavy atom. The van der Waals surface area contributed by atoms with E-state index >= 15 is 0 Å². The summed E-state index contributed by atoms with van der Waals surface area (Å²) in [6, 6.07) is 0. The molecular formula is C27H41N7NaO18P3S-2. The van der Waals surface area contributed by atoms with E-state index in [9.17, 15) is 62.7 Å². The van der Waals surface area contributed by atoms with Gasteiger partial charge in [0, 0.05) is 37.1 Å². The second-order valence-electron chi connectivity index (χ2n) is 12.7. The number of nitrogens with zero attached hydrogens (tertiary/aromatic N) is 4. The number of rotatable bonds is 23. The number of Topliss-reactive ketones (excluding diaryl/α,β-unsaturated/α-hetero) is 1. The number of ether oxygens (including phenoxy) is 1. The molecule has 3 rings (SSSR count). The van der Waals surface area contributed by atoms with Crippen molar-refractivity contribution in [1.29, 1.82) is 0 Å². The smallest absolute Gasteiger partial charge is 0.756 e. The molecule has 1 aliphatic rings. The van der Waals surface area contributed by atoms with Gasteiger partial charge in [0.1, 0.15) is 42.0 Å². The van der Waals surface area contributed by atoms with Crippen LogP contribution in [0.25, 0.3) is 11.2 Å². The second kappa shape index (κ2) is 22.2. The fourth-order valence-corrected chi connectivity index (χ4v) is 8.30. The third-order valence-electron chi connectivity index (χ3n) is 7.61. The van der Waals surface area contributed by atoms with Gasteiger partial charge < -0.3 is 64.5 Å². The summed E-state index contributed by atoms with van der Waals surface area (Å²) in [6.07, 6.45) is -6.74. The van der Waals surface area contributed by atoms with E-state index in [2.05, 4.69) is 43.5 Å². The molecule has 57 heavy (non-hydrogen) atoms. The number of phosphoric acid groups is 3. The zero-order valence-electron chi connectivity index (χ0n) is 31.0. The van der Waals surface area contributed by atoms with Crippen LogP contribution in [0.3, 0.4) is 0 Å². The maximum Gasteiger partial charge on any atom is 1.00 e. The molecule has 1 saturated heterocycles. The number of carbonyl (C=O) groups excluding carboxylic acids is 4. The molecular weight excluding hydrogens is 858 g/mol. The van der Waals surface area contributed by atoms with Crippen LogP contribution in [0.4, 0.5) is 5.82 Å². The van der Waals surface area contributed by atoms with Gasteiger partial charge in [-0.1, -0.05) is 32.5 Å². The molecule has 2 aromatic heterocycles. The normalized spacial score (nSPS) is 22.1. The van der Waals surface area contributed by atoms with Crippen LogP contribution >= 0.6 is 35.2 Å². The first kappa shape index (κ1) is 51.4. The number of fused-ring (bicyclic) bond motifs is 1. The number of hydrogen-bond donors (Lipinski definition) is 6. The van der Waals surface area contributed by atoms with Crippen LogP contribution in [0.15, 0.2) is 12.7 Å². The fourth-order valence-electron chi connectivity index (χ4n) is 4.86. The molecule has 0 aliphatic carbocycles. The van der Waals surface area contributed by atoms with Gasteiger partial charge in [-0.2, -0.15) is 0 Å². The SMILES string of the molecule is CCCC(=O)CC(=O)SCCNC(=O)CCNC(=O)C(O)C(C)(C)COP(=O)([O-])OP(=O)([O-])OCC1OC(n2cnc3c(N)ncnc32)C(O)C1OP(=O)([O-])O.[Na+]. The standard InChI is InChI=1S/C27H44N7O18P3S.Na/c1-4-5-15(35)10-18(37)56-9-8-29-17(36)6-7-30-25(40)22(39)27(2,3)12-49-55(46,47)52-54(44,45)48-11-16-21(51-53(41,42)43)20(38)26(50-16)34-14-33-19-23(28)31-13-32-24(19)34;/h13-14,16,20-22,26,38-39H,4-12H2,1-3H3,(H,29,36)(H,30,40)(H,44,45)(H,46,47)(H2,28,31,32)(H2,41,42,43);/q;+1/p-3. The van der Waals surface area contributed by atoms with E-state index in [1.165, 1.54) is 13.8 Å². The maximum absolute atomic E-state index is 12.5.